The van der Waals surface area contributed by atoms with E-state index < -0.39 is 0 Å². The lowest BCUT2D eigenvalue weighted by Gasteiger charge is -2.21. The molecular formula is C48H37N3. The highest BCUT2D eigenvalue weighted by Gasteiger charge is 2.26. The van der Waals surface area contributed by atoms with E-state index in [2.05, 4.69) is 171 Å². The van der Waals surface area contributed by atoms with Crippen molar-refractivity contribution in [2.45, 2.75) is 32.1 Å². The maximum Gasteiger partial charge on any atom is 0.0558 e. The molecule has 3 aliphatic rings. The van der Waals surface area contributed by atoms with Gasteiger partial charge in [-0.3, -0.25) is 0 Å². The average Bonchev–Trinajstić information content (AvgIpc) is 3.83. The summed E-state index contributed by atoms with van der Waals surface area (Å²) in [7, 11) is 0. The number of hydrogen-bond acceptors (Lipinski definition) is 0. The second-order valence-electron chi connectivity index (χ2n) is 14.3. The van der Waals surface area contributed by atoms with Gasteiger partial charge in [0.25, 0.3) is 0 Å². The van der Waals surface area contributed by atoms with Crippen LogP contribution in [0.3, 0.4) is 0 Å². The number of allylic oxidation sites excluding steroid dienone is 6. The van der Waals surface area contributed by atoms with Gasteiger partial charge in [0.1, 0.15) is 0 Å². The SMILES string of the molecule is C1=CC(C2C=Cc3c(c4ccc(-n5c6ccccc6c6ccccc65)cc4n3-c3ccc(-n4c5c(c6ccccc64)CCC=C5)cc3)C2)=CCC1. The molecule has 3 heterocycles. The zero-order valence-electron chi connectivity index (χ0n) is 28.5. The highest BCUT2D eigenvalue weighted by molar-refractivity contribution is 6.09. The van der Waals surface area contributed by atoms with E-state index in [0.29, 0.717) is 5.92 Å². The average molecular weight is 656 g/mol. The molecule has 0 N–H and O–H groups in total. The minimum Gasteiger partial charge on any atom is -0.310 e. The third-order valence-corrected chi connectivity index (χ3v) is 11.5. The standard InChI is InChI=1S/C48H37N3/c1-2-12-32(13-3-1)33-22-29-47-42(30-33)41-28-27-36(51-45-20-10-6-16-39(45)40-17-7-11-21-46(40)51)31-48(41)50(47)35-25-23-34(24-26-35)49-43-18-8-4-14-37(43)38-15-5-9-19-44(38)49/h2,4,6-14,16-29,31,33H,1,3,5,15,30H2. The van der Waals surface area contributed by atoms with Gasteiger partial charge in [-0.05, 0) is 116 Å². The van der Waals surface area contributed by atoms with Gasteiger partial charge in [-0.25, -0.2) is 0 Å². The van der Waals surface area contributed by atoms with E-state index in [1.54, 1.807) is 0 Å². The van der Waals surface area contributed by atoms with Gasteiger partial charge in [-0.1, -0.05) is 91.0 Å². The highest BCUT2D eigenvalue weighted by Crippen LogP contribution is 2.41. The Hall–Kier alpha value is -6.06. The van der Waals surface area contributed by atoms with E-state index in [0.717, 1.165) is 32.1 Å². The normalized spacial score (nSPS) is 16.7. The molecule has 0 saturated carbocycles. The van der Waals surface area contributed by atoms with Crippen LogP contribution in [0.4, 0.5) is 0 Å². The summed E-state index contributed by atoms with van der Waals surface area (Å²) in [6.45, 7) is 0. The predicted octanol–water partition coefficient (Wildman–Crippen LogP) is 12.1. The fraction of sp³-hybridized carbons (Fsp3) is 0.125. The number of nitrogens with zero attached hydrogens (tertiary/aromatic N) is 3. The molecule has 0 spiro atoms. The largest absolute Gasteiger partial charge is 0.310 e. The molecule has 0 saturated heterocycles. The first-order chi connectivity index (χ1) is 25.3. The number of aromatic nitrogens is 3. The van der Waals surface area contributed by atoms with Gasteiger partial charge in [0.15, 0.2) is 0 Å². The van der Waals surface area contributed by atoms with Gasteiger partial charge < -0.3 is 13.7 Å². The monoisotopic (exact) mass is 655 g/mol. The van der Waals surface area contributed by atoms with Crippen LogP contribution in [0.1, 0.15) is 41.8 Å². The van der Waals surface area contributed by atoms with Crippen LogP contribution in [0.25, 0.3) is 72.8 Å². The van der Waals surface area contributed by atoms with Crippen molar-refractivity contribution < 1.29 is 0 Å². The van der Waals surface area contributed by atoms with Gasteiger partial charge in [-0.2, -0.15) is 0 Å². The zero-order chi connectivity index (χ0) is 33.5. The van der Waals surface area contributed by atoms with Crippen molar-refractivity contribution in [3.05, 3.63) is 174 Å². The van der Waals surface area contributed by atoms with E-state index >= 15 is 0 Å². The molecule has 3 aromatic heterocycles. The minimum absolute atomic E-state index is 0.397. The van der Waals surface area contributed by atoms with Crippen LogP contribution in [0, 0.1) is 5.92 Å². The Labute approximate surface area is 297 Å². The predicted molar refractivity (Wildman–Crippen MR) is 214 cm³/mol. The molecule has 3 aliphatic carbocycles. The second-order valence-corrected chi connectivity index (χ2v) is 14.3. The summed E-state index contributed by atoms with van der Waals surface area (Å²) in [6, 6.07) is 42.9. The lowest BCUT2D eigenvalue weighted by atomic mass is 9.84. The van der Waals surface area contributed by atoms with Crippen molar-refractivity contribution in [1.29, 1.82) is 0 Å². The number of fused-ring (bicyclic) bond motifs is 9. The molecule has 51 heavy (non-hydrogen) atoms. The minimum atomic E-state index is 0.397. The van der Waals surface area contributed by atoms with Gasteiger partial charge >= 0.3 is 0 Å². The van der Waals surface area contributed by atoms with Crippen LogP contribution in [0.15, 0.2) is 151 Å². The Kier molecular flexibility index (Phi) is 6.33. The maximum atomic E-state index is 2.51. The molecule has 0 amide bonds. The van der Waals surface area contributed by atoms with Crippen LogP contribution >= 0.6 is 0 Å². The lowest BCUT2D eigenvalue weighted by molar-refractivity contribution is 0.750. The molecular weight excluding hydrogens is 619 g/mol. The molecule has 244 valence electrons. The number of hydrogen-bond donors (Lipinski definition) is 0. The van der Waals surface area contributed by atoms with Crippen molar-refractivity contribution >= 4 is 55.8 Å². The zero-order valence-corrected chi connectivity index (χ0v) is 28.5. The molecule has 8 aromatic rings. The Balaban J connectivity index is 1.11. The molecule has 3 heteroatoms. The van der Waals surface area contributed by atoms with Crippen molar-refractivity contribution in [3.8, 4) is 17.1 Å². The van der Waals surface area contributed by atoms with E-state index in [9.17, 15) is 0 Å². The molecule has 0 fully saturated rings. The molecule has 1 atom stereocenters. The summed E-state index contributed by atoms with van der Waals surface area (Å²) in [4.78, 5) is 0. The molecule has 1 unspecified atom stereocenters. The van der Waals surface area contributed by atoms with Crippen LogP contribution < -0.4 is 0 Å². The molecule has 0 bridgehead atoms. The quantitative estimate of drug-likeness (QED) is 0.179. The number of rotatable bonds is 4. The van der Waals surface area contributed by atoms with Crippen molar-refractivity contribution in [1.82, 2.24) is 13.7 Å². The summed E-state index contributed by atoms with van der Waals surface area (Å²) < 4.78 is 7.39. The maximum absolute atomic E-state index is 2.51. The van der Waals surface area contributed by atoms with E-state index in [-0.39, 0.29) is 0 Å². The number of para-hydroxylation sites is 3. The molecule has 3 nitrogen and oxygen atoms in total. The van der Waals surface area contributed by atoms with Gasteiger partial charge in [-0.15, -0.1) is 0 Å². The molecule has 0 aliphatic heterocycles. The van der Waals surface area contributed by atoms with Gasteiger partial charge in [0.2, 0.25) is 0 Å². The fourth-order valence-electron chi connectivity index (χ4n) is 9.22. The van der Waals surface area contributed by atoms with Crippen LogP contribution in [-0.4, -0.2) is 13.7 Å². The number of benzene rings is 5. The van der Waals surface area contributed by atoms with Crippen molar-refractivity contribution in [3.63, 3.8) is 0 Å². The van der Waals surface area contributed by atoms with Gasteiger partial charge in [0, 0.05) is 55.9 Å². The van der Waals surface area contributed by atoms with E-state index in [1.165, 1.54) is 88.8 Å². The molecule has 0 radical (unpaired) electrons. The Morgan fingerprint density at radius 1 is 0.451 bits per heavy atom. The summed E-state index contributed by atoms with van der Waals surface area (Å²) in [5, 5.41) is 5.27. The van der Waals surface area contributed by atoms with Crippen molar-refractivity contribution in [2.75, 3.05) is 0 Å². The summed E-state index contributed by atoms with van der Waals surface area (Å²) in [5.41, 5.74) is 15.5. The summed E-state index contributed by atoms with van der Waals surface area (Å²) in [6.07, 6.45) is 22.1. The number of aryl methyl sites for hydroxylation is 1. The smallest absolute Gasteiger partial charge is 0.0558 e. The van der Waals surface area contributed by atoms with E-state index in [4.69, 9.17) is 0 Å². The molecule has 5 aromatic carbocycles. The van der Waals surface area contributed by atoms with Crippen LogP contribution in [0.5, 0.6) is 0 Å². The first kappa shape index (κ1) is 28.7. The van der Waals surface area contributed by atoms with E-state index in [1.807, 2.05) is 0 Å². The molecule has 11 rings (SSSR count). The summed E-state index contributed by atoms with van der Waals surface area (Å²) >= 11 is 0. The fourth-order valence-corrected chi connectivity index (χ4v) is 9.22. The Bertz CT molecular complexity index is 2770. The second kappa shape index (κ2) is 11.2. The third-order valence-electron chi connectivity index (χ3n) is 11.5. The Morgan fingerprint density at radius 2 is 1.04 bits per heavy atom. The van der Waals surface area contributed by atoms with Gasteiger partial charge in [0.05, 0.1) is 22.1 Å². The topological polar surface area (TPSA) is 14.8 Å². The first-order valence-corrected chi connectivity index (χ1v) is 18.4. The third kappa shape index (κ3) is 4.31. The Morgan fingerprint density at radius 3 is 1.75 bits per heavy atom. The van der Waals surface area contributed by atoms with Crippen molar-refractivity contribution in [2.24, 2.45) is 5.92 Å². The lowest BCUT2D eigenvalue weighted by Crippen LogP contribution is -2.11. The summed E-state index contributed by atoms with van der Waals surface area (Å²) in [5.74, 6) is 0.397. The highest BCUT2D eigenvalue weighted by atomic mass is 15.0. The van der Waals surface area contributed by atoms with Crippen LogP contribution in [0.2, 0.25) is 0 Å². The first-order valence-electron chi connectivity index (χ1n) is 18.4. The van der Waals surface area contributed by atoms with Crippen LogP contribution in [-0.2, 0) is 12.8 Å².